The lowest BCUT2D eigenvalue weighted by Crippen LogP contribution is -2.33. The van der Waals surface area contributed by atoms with Crippen LogP contribution in [-0.4, -0.2) is 0 Å². The third-order valence-electron chi connectivity index (χ3n) is 11.1. The standard InChI is InChI=1S/C46H60F4/c1-5-9-13-17-21-33-25-37-29-41-42(30-38(37)26-34(33)22-18-14-10-6-2)46(49,50)44-32-40-28-36(24-20-16-12-8-4)35(23-19-15-11-7-3)27-39(40)31-43(44)45(41,47)48/h25-32H,5-24H2,1-4H3. The molecule has 0 nitrogen and oxygen atoms in total. The molecular weight excluding hydrogens is 628 g/mol. The first-order valence-corrected chi connectivity index (χ1v) is 20.1. The van der Waals surface area contributed by atoms with E-state index in [0.717, 1.165) is 103 Å². The number of aryl methyl sites for hydroxylation is 4. The molecule has 0 radical (unpaired) electrons. The van der Waals surface area contributed by atoms with Gasteiger partial charge in [0.15, 0.2) is 0 Å². The Morgan fingerprint density at radius 2 is 0.540 bits per heavy atom. The quantitative estimate of drug-likeness (QED) is 0.0640. The van der Waals surface area contributed by atoms with Gasteiger partial charge in [-0.15, -0.1) is 0 Å². The Morgan fingerprint density at radius 1 is 0.320 bits per heavy atom. The summed E-state index contributed by atoms with van der Waals surface area (Å²) in [7, 11) is 0. The van der Waals surface area contributed by atoms with Crippen molar-refractivity contribution in [3.63, 3.8) is 0 Å². The second kappa shape index (κ2) is 17.6. The molecule has 1 aliphatic carbocycles. The van der Waals surface area contributed by atoms with Crippen LogP contribution in [0.1, 0.15) is 175 Å². The second-order valence-corrected chi connectivity index (χ2v) is 15.1. The number of unbranched alkanes of at least 4 members (excludes halogenated alkanes) is 12. The number of fused-ring (bicyclic) bond motifs is 4. The predicted molar refractivity (Wildman–Crippen MR) is 205 cm³/mol. The van der Waals surface area contributed by atoms with Crippen LogP contribution in [0.5, 0.6) is 0 Å². The summed E-state index contributed by atoms with van der Waals surface area (Å²) in [5.41, 5.74) is 2.50. The van der Waals surface area contributed by atoms with Crippen LogP contribution in [0, 0.1) is 0 Å². The van der Waals surface area contributed by atoms with E-state index in [4.69, 9.17) is 0 Å². The maximum absolute atomic E-state index is 16.7. The van der Waals surface area contributed by atoms with Gasteiger partial charge in [0.05, 0.1) is 0 Å². The Kier molecular flexibility index (Phi) is 13.5. The molecule has 4 aromatic carbocycles. The van der Waals surface area contributed by atoms with Gasteiger partial charge in [0.1, 0.15) is 0 Å². The van der Waals surface area contributed by atoms with Gasteiger partial charge < -0.3 is 0 Å². The van der Waals surface area contributed by atoms with Crippen molar-refractivity contribution in [3.8, 4) is 0 Å². The topological polar surface area (TPSA) is 0 Å². The third-order valence-corrected chi connectivity index (χ3v) is 11.1. The van der Waals surface area contributed by atoms with Crippen molar-refractivity contribution >= 4 is 21.5 Å². The minimum absolute atomic E-state index is 0.554. The van der Waals surface area contributed by atoms with E-state index in [1.165, 1.54) is 72.2 Å². The molecule has 0 saturated heterocycles. The first-order chi connectivity index (χ1) is 24.1. The van der Waals surface area contributed by atoms with E-state index in [9.17, 15) is 0 Å². The molecule has 0 atom stereocenters. The van der Waals surface area contributed by atoms with Crippen molar-refractivity contribution in [2.45, 2.75) is 168 Å². The fourth-order valence-electron chi connectivity index (χ4n) is 8.12. The van der Waals surface area contributed by atoms with Crippen LogP contribution in [0.15, 0.2) is 48.5 Å². The molecule has 0 amide bonds. The molecule has 4 aromatic rings. The minimum Gasteiger partial charge on any atom is -0.196 e. The lowest BCUT2D eigenvalue weighted by molar-refractivity contribution is -0.0110. The summed E-state index contributed by atoms with van der Waals surface area (Å²) < 4.78 is 66.7. The highest BCUT2D eigenvalue weighted by atomic mass is 19.3. The van der Waals surface area contributed by atoms with Crippen LogP contribution in [0.2, 0.25) is 0 Å². The fraction of sp³-hybridized carbons (Fsp3) is 0.565. The van der Waals surface area contributed by atoms with Crippen LogP contribution in [-0.2, 0) is 37.5 Å². The number of alkyl halides is 4. The van der Waals surface area contributed by atoms with Crippen molar-refractivity contribution in [1.82, 2.24) is 0 Å². The Labute approximate surface area is 299 Å². The van der Waals surface area contributed by atoms with Crippen molar-refractivity contribution in [3.05, 3.63) is 93.0 Å². The second-order valence-electron chi connectivity index (χ2n) is 15.1. The first-order valence-electron chi connectivity index (χ1n) is 20.1. The van der Waals surface area contributed by atoms with Crippen LogP contribution in [0.25, 0.3) is 21.5 Å². The van der Waals surface area contributed by atoms with Crippen LogP contribution < -0.4 is 0 Å². The minimum atomic E-state index is -3.53. The van der Waals surface area contributed by atoms with Gasteiger partial charge in [0.2, 0.25) is 0 Å². The summed E-state index contributed by atoms with van der Waals surface area (Å²) in [6.45, 7) is 8.76. The lowest BCUT2D eigenvalue weighted by Gasteiger charge is -2.34. The number of hydrogen-bond donors (Lipinski definition) is 0. The molecule has 272 valence electrons. The van der Waals surface area contributed by atoms with E-state index >= 15 is 17.6 Å². The highest BCUT2D eigenvalue weighted by Gasteiger charge is 2.53. The highest BCUT2D eigenvalue weighted by molar-refractivity contribution is 5.90. The molecular formula is C46H60F4. The predicted octanol–water partition coefficient (Wildman–Crippen LogP) is 15.1. The van der Waals surface area contributed by atoms with Crippen molar-refractivity contribution in [2.75, 3.05) is 0 Å². The van der Waals surface area contributed by atoms with Gasteiger partial charge in [0, 0.05) is 22.3 Å². The summed E-state index contributed by atoms with van der Waals surface area (Å²) in [4.78, 5) is 0. The zero-order valence-electron chi connectivity index (χ0n) is 31.3. The molecule has 0 aliphatic heterocycles. The average Bonchev–Trinajstić information content (AvgIpc) is 3.10. The molecule has 0 fully saturated rings. The molecule has 0 saturated carbocycles. The maximum Gasteiger partial charge on any atom is 0.299 e. The van der Waals surface area contributed by atoms with Gasteiger partial charge in [-0.25, -0.2) is 0 Å². The SMILES string of the molecule is CCCCCCc1cc2cc3c(cc2cc1CCCCCC)C(F)(F)c1cc2cc(CCCCCC)c(CCCCCC)cc2cc1C3(F)F. The fourth-order valence-corrected chi connectivity index (χ4v) is 8.12. The third kappa shape index (κ3) is 8.59. The zero-order valence-corrected chi connectivity index (χ0v) is 31.3. The zero-order chi connectivity index (χ0) is 35.7. The van der Waals surface area contributed by atoms with E-state index in [-0.39, 0.29) is 0 Å². The smallest absolute Gasteiger partial charge is 0.196 e. The monoisotopic (exact) mass is 688 g/mol. The van der Waals surface area contributed by atoms with Gasteiger partial charge in [0.25, 0.3) is 11.8 Å². The summed E-state index contributed by atoms with van der Waals surface area (Å²) in [6, 6.07) is 13.6. The number of benzene rings is 4. The van der Waals surface area contributed by atoms with Crippen molar-refractivity contribution in [2.24, 2.45) is 0 Å². The van der Waals surface area contributed by atoms with Gasteiger partial charge in [-0.05, 0) is 119 Å². The van der Waals surface area contributed by atoms with Crippen LogP contribution in [0.3, 0.4) is 0 Å². The van der Waals surface area contributed by atoms with Crippen molar-refractivity contribution in [1.29, 1.82) is 0 Å². The van der Waals surface area contributed by atoms with Crippen molar-refractivity contribution < 1.29 is 17.6 Å². The molecule has 0 heterocycles. The molecule has 1 aliphatic rings. The Morgan fingerprint density at radius 3 is 0.740 bits per heavy atom. The van der Waals surface area contributed by atoms with Crippen LogP contribution >= 0.6 is 0 Å². The van der Waals surface area contributed by atoms with Gasteiger partial charge >= 0.3 is 0 Å². The summed E-state index contributed by atoms with van der Waals surface area (Å²) >= 11 is 0. The van der Waals surface area contributed by atoms with E-state index < -0.39 is 34.1 Å². The summed E-state index contributed by atoms with van der Waals surface area (Å²) in [5, 5.41) is 2.53. The molecule has 0 bridgehead atoms. The van der Waals surface area contributed by atoms with Gasteiger partial charge in [-0.1, -0.05) is 129 Å². The summed E-state index contributed by atoms with van der Waals surface area (Å²) in [6.07, 6.45) is 21.5. The average molecular weight is 689 g/mol. The molecule has 0 unspecified atom stereocenters. The van der Waals surface area contributed by atoms with Gasteiger partial charge in [-0.3, -0.25) is 0 Å². The normalized spacial score (nSPS) is 14.7. The largest absolute Gasteiger partial charge is 0.299 e. The molecule has 0 aromatic heterocycles. The maximum atomic E-state index is 16.7. The Hall–Kier alpha value is -2.88. The molecule has 4 heteroatoms. The number of halogens is 4. The molecule has 0 spiro atoms. The van der Waals surface area contributed by atoms with E-state index in [1.54, 1.807) is 0 Å². The molecule has 5 rings (SSSR count). The van der Waals surface area contributed by atoms with Gasteiger partial charge in [-0.2, -0.15) is 17.6 Å². The van der Waals surface area contributed by atoms with E-state index in [1.807, 2.05) is 24.3 Å². The first kappa shape index (κ1) is 38.4. The number of hydrogen-bond acceptors (Lipinski definition) is 0. The summed E-state index contributed by atoms with van der Waals surface area (Å²) in [5.74, 6) is -7.07. The molecule has 50 heavy (non-hydrogen) atoms. The number of rotatable bonds is 20. The highest BCUT2D eigenvalue weighted by Crippen LogP contribution is 2.55. The van der Waals surface area contributed by atoms with Crippen LogP contribution in [0.4, 0.5) is 17.6 Å². The Balaban J connectivity index is 1.58. The van der Waals surface area contributed by atoms with E-state index in [0.29, 0.717) is 21.5 Å². The Bertz CT molecular complexity index is 1470. The molecule has 0 N–H and O–H groups in total. The lowest BCUT2D eigenvalue weighted by atomic mass is 9.77. The van der Waals surface area contributed by atoms with E-state index in [2.05, 4.69) is 27.7 Å².